The molecule has 3 heterocycles. The summed E-state index contributed by atoms with van der Waals surface area (Å²) in [6.45, 7) is 1.57. The van der Waals surface area contributed by atoms with Crippen molar-refractivity contribution in [3.05, 3.63) is 47.8 Å². The Labute approximate surface area is 193 Å². The zero-order valence-electron chi connectivity index (χ0n) is 18.8. The minimum absolute atomic E-state index is 0.0378. The summed E-state index contributed by atoms with van der Waals surface area (Å²) < 4.78 is 1.88. The van der Waals surface area contributed by atoms with Crippen molar-refractivity contribution in [2.75, 3.05) is 18.8 Å². The number of aromatic nitrogens is 3. The third kappa shape index (κ3) is 4.44. The highest BCUT2D eigenvalue weighted by Gasteiger charge is 2.27. The molecule has 0 radical (unpaired) electrons. The van der Waals surface area contributed by atoms with Crippen LogP contribution in [-0.4, -0.2) is 49.1 Å². The van der Waals surface area contributed by atoms with Crippen molar-refractivity contribution in [1.82, 2.24) is 19.4 Å². The maximum atomic E-state index is 13.4. The molecule has 3 aromatic rings. The Morgan fingerprint density at radius 1 is 1.06 bits per heavy atom. The Bertz CT molecular complexity index is 1240. The van der Waals surface area contributed by atoms with Gasteiger partial charge in [-0.15, -0.1) is 0 Å². The van der Waals surface area contributed by atoms with Crippen LogP contribution in [0.25, 0.3) is 16.7 Å². The number of amides is 1. The lowest BCUT2D eigenvalue weighted by molar-refractivity contribution is 0.0610. The van der Waals surface area contributed by atoms with Crippen molar-refractivity contribution >= 4 is 22.8 Å². The number of benzene rings is 1. The molecule has 5 rings (SSSR count). The molecule has 2 fully saturated rings. The van der Waals surface area contributed by atoms with Crippen LogP contribution < -0.4 is 5.73 Å². The summed E-state index contributed by atoms with van der Waals surface area (Å²) in [4.78, 5) is 23.7. The lowest BCUT2D eigenvalue weighted by Crippen LogP contribution is -2.35. The van der Waals surface area contributed by atoms with Crippen LogP contribution in [0.15, 0.2) is 36.7 Å². The van der Waals surface area contributed by atoms with Gasteiger partial charge in [-0.3, -0.25) is 4.79 Å². The average molecular weight is 444 g/mol. The molecule has 0 spiro atoms. The largest absolute Gasteiger partial charge is 0.378 e. The fourth-order valence-electron chi connectivity index (χ4n) is 4.88. The maximum Gasteiger partial charge on any atom is 0.256 e. The van der Waals surface area contributed by atoms with E-state index in [1.54, 1.807) is 12.3 Å². The molecule has 1 saturated heterocycles. The molecule has 2 aromatic heterocycles. The molecule has 0 bridgehead atoms. The van der Waals surface area contributed by atoms with E-state index in [1.165, 1.54) is 6.42 Å². The van der Waals surface area contributed by atoms with Gasteiger partial charge in [0, 0.05) is 36.4 Å². The summed E-state index contributed by atoms with van der Waals surface area (Å²) in [7, 11) is 0. The van der Waals surface area contributed by atoms with E-state index in [0.29, 0.717) is 24.2 Å². The van der Waals surface area contributed by atoms with Crippen LogP contribution >= 0.6 is 0 Å². The Balaban J connectivity index is 1.59. The van der Waals surface area contributed by atoms with Gasteiger partial charge in [0.2, 0.25) is 5.95 Å². The molecule has 3 N–H and O–H groups in total. The van der Waals surface area contributed by atoms with Gasteiger partial charge in [0.15, 0.2) is 0 Å². The number of carbonyl (C=O) groups excluding carboxylic acids is 1. The molecule has 1 aromatic carbocycles. The fourth-order valence-corrected chi connectivity index (χ4v) is 4.88. The molecule has 0 unspecified atom stereocenters. The molecule has 7 heteroatoms. The van der Waals surface area contributed by atoms with Gasteiger partial charge in [0.05, 0.1) is 11.1 Å². The number of anilines is 1. The van der Waals surface area contributed by atoms with E-state index in [2.05, 4.69) is 21.8 Å². The molecule has 0 atom stereocenters. The van der Waals surface area contributed by atoms with E-state index >= 15 is 0 Å². The number of piperidine rings is 1. The molecule has 2 aliphatic rings. The van der Waals surface area contributed by atoms with Crippen LogP contribution in [0.2, 0.25) is 0 Å². The van der Waals surface area contributed by atoms with Crippen LogP contribution in [0.1, 0.15) is 67.3 Å². The first-order valence-corrected chi connectivity index (χ1v) is 11.8. The summed E-state index contributed by atoms with van der Waals surface area (Å²) >= 11 is 0. The Morgan fingerprint density at radius 2 is 1.82 bits per heavy atom. The van der Waals surface area contributed by atoms with Gasteiger partial charge < -0.3 is 20.3 Å². The molecular formula is C26H29N5O2. The highest BCUT2D eigenvalue weighted by Crippen LogP contribution is 2.29. The predicted octanol–water partition coefficient (Wildman–Crippen LogP) is 3.68. The summed E-state index contributed by atoms with van der Waals surface area (Å²) in [5.41, 5.74) is 7.20. The topological polar surface area (TPSA) is 97.3 Å². The first-order chi connectivity index (χ1) is 16.0. The fraction of sp³-hybridized carbons (Fsp3) is 0.423. The van der Waals surface area contributed by atoms with Crippen LogP contribution in [0.5, 0.6) is 0 Å². The quantitative estimate of drug-likeness (QED) is 0.589. The Morgan fingerprint density at radius 3 is 2.58 bits per heavy atom. The minimum Gasteiger partial charge on any atom is -0.378 e. The van der Waals surface area contributed by atoms with Gasteiger partial charge in [-0.2, -0.15) is 4.98 Å². The number of hydrogen-bond donors (Lipinski definition) is 2. The molecule has 1 aliphatic heterocycles. The van der Waals surface area contributed by atoms with Crippen molar-refractivity contribution < 1.29 is 9.90 Å². The monoisotopic (exact) mass is 443 g/mol. The molecule has 1 amide bonds. The smallest absolute Gasteiger partial charge is 0.256 e. The number of nitrogen functional groups attached to an aromatic ring is 1. The first-order valence-electron chi connectivity index (χ1n) is 11.8. The van der Waals surface area contributed by atoms with Gasteiger partial charge in [-0.25, -0.2) is 4.98 Å². The Hall–Kier alpha value is -3.37. The molecule has 33 heavy (non-hydrogen) atoms. The third-order valence-corrected chi connectivity index (χ3v) is 6.71. The van der Waals surface area contributed by atoms with E-state index in [-0.39, 0.29) is 11.9 Å². The Kier molecular flexibility index (Phi) is 5.77. The summed E-state index contributed by atoms with van der Waals surface area (Å²) in [5.74, 6) is 7.09. The number of nitrogens with zero attached hydrogens (tertiary/aromatic N) is 4. The van der Waals surface area contributed by atoms with E-state index in [9.17, 15) is 9.90 Å². The number of fused-ring (bicyclic) bond motifs is 1. The zero-order valence-corrected chi connectivity index (χ0v) is 18.8. The highest BCUT2D eigenvalue weighted by molar-refractivity contribution is 6.07. The molecule has 170 valence electrons. The summed E-state index contributed by atoms with van der Waals surface area (Å²) in [6.07, 6.45) is 11.3. The van der Waals surface area contributed by atoms with Crippen molar-refractivity contribution in [2.45, 2.75) is 57.0 Å². The maximum absolute atomic E-state index is 13.4. The second-order valence-electron chi connectivity index (χ2n) is 9.11. The number of nitrogens with two attached hydrogens (primary N) is 1. The number of rotatable bonds is 2. The van der Waals surface area contributed by atoms with E-state index < -0.39 is 5.60 Å². The van der Waals surface area contributed by atoms with Gasteiger partial charge >= 0.3 is 0 Å². The van der Waals surface area contributed by atoms with Crippen LogP contribution in [0.4, 0.5) is 5.95 Å². The zero-order chi connectivity index (χ0) is 22.8. The standard InChI is InChI=1S/C26H29N5O2/c27-25-28-14-10-23(29-25)31-18-21(24(32)30-15-5-2-6-16-30)20-8-7-19(17-22(20)31)9-13-26(33)11-3-1-4-12-26/h7-8,10,14,17-18,33H,1-6,11-12,15-16H2,(H2,27,28,29). The molecule has 1 aliphatic carbocycles. The number of likely N-dealkylation sites (tertiary alicyclic amines) is 1. The van der Waals surface area contributed by atoms with Crippen molar-refractivity contribution in [3.63, 3.8) is 0 Å². The van der Waals surface area contributed by atoms with Gasteiger partial charge in [0.25, 0.3) is 5.91 Å². The number of hydrogen-bond acceptors (Lipinski definition) is 5. The predicted molar refractivity (Wildman–Crippen MR) is 128 cm³/mol. The summed E-state index contributed by atoms with van der Waals surface area (Å²) in [5, 5.41) is 11.6. The first kappa shape index (κ1) is 21.5. The summed E-state index contributed by atoms with van der Waals surface area (Å²) in [6, 6.07) is 7.60. The SMILES string of the molecule is Nc1nccc(-n2cc(C(=O)N3CCCCC3)c3ccc(C#CC4(O)CCCCC4)cc32)n1. The van der Waals surface area contributed by atoms with Crippen molar-refractivity contribution in [1.29, 1.82) is 0 Å². The lowest BCUT2D eigenvalue weighted by atomic mass is 9.85. The van der Waals surface area contributed by atoms with E-state index in [1.807, 2.05) is 33.9 Å². The lowest BCUT2D eigenvalue weighted by Gasteiger charge is -2.26. The average Bonchev–Trinajstić information content (AvgIpc) is 3.22. The normalized spacial score (nSPS) is 18.0. The van der Waals surface area contributed by atoms with Crippen molar-refractivity contribution in [2.24, 2.45) is 0 Å². The highest BCUT2D eigenvalue weighted by atomic mass is 16.3. The second kappa shape index (κ2) is 8.87. The van der Waals surface area contributed by atoms with Gasteiger partial charge in [-0.1, -0.05) is 24.3 Å². The number of carbonyl (C=O) groups is 1. The molecule has 7 nitrogen and oxygen atoms in total. The number of aliphatic hydroxyl groups is 1. The van der Waals surface area contributed by atoms with Gasteiger partial charge in [0.1, 0.15) is 11.4 Å². The van der Waals surface area contributed by atoms with Crippen molar-refractivity contribution in [3.8, 4) is 17.7 Å². The molecular weight excluding hydrogens is 414 g/mol. The molecule has 1 saturated carbocycles. The van der Waals surface area contributed by atoms with E-state index in [4.69, 9.17) is 5.73 Å². The van der Waals surface area contributed by atoms with Crippen LogP contribution in [0, 0.1) is 11.8 Å². The third-order valence-electron chi connectivity index (χ3n) is 6.71. The minimum atomic E-state index is -0.911. The van der Waals surface area contributed by atoms with Gasteiger partial charge in [-0.05, 0) is 63.1 Å². The van der Waals surface area contributed by atoms with E-state index in [0.717, 1.165) is 61.7 Å². The van der Waals surface area contributed by atoms with Crippen LogP contribution in [0.3, 0.4) is 0 Å². The second-order valence-corrected chi connectivity index (χ2v) is 9.11. The van der Waals surface area contributed by atoms with Crippen LogP contribution in [-0.2, 0) is 0 Å².